The number of hydrogen-bond donors (Lipinski definition) is 0. The predicted octanol–water partition coefficient (Wildman–Crippen LogP) is 3.18. The Hall–Kier alpha value is -2.34. The zero-order chi connectivity index (χ0) is 17.9. The molecule has 7 heteroatoms. The molecule has 2 amide bonds. The molecule has 0 atom stereocenters. The van der Waals surface area contributed by atoms with E-state index in [1.807, 2.05) is 34.1 Å². The second kappa shape index (κ2) is 5.58. The molecule has 0 N–H and O–H groups in total. The SMILES string of the molecule is O=C(N1CC2(C1)CN(c1cccc(F)n1)C2)N1CCc2cc(Cl)ccc21. The van der Waals surface area contributed by atoms with Crippen molar-refractivity contribution in [2.45, 2.75) is 6.42 Å². The van der Waals surface area contributed by atoms with Gasteiger partial charge in [0, 0.05) is 48.8 Å². The van der Waals surface area contributed by atoms with Gasteiger partial charge in [0.25, 0.3) is 0 Å². The quantitative estimate of drug-likeness (QED) is 0.722. The molecule has 1 aromatic heterocycles. The fraction of sp³-hybridized carbons (Fsp3) is 0.368. The first-order valence-electron chi connectivity index (χ1n) is 8.75. The second-order valence-corrected chi connectivity index (χ2v) is 7.92. The maximum atomic E-state index is 13.3. The summed E-state index contributed by atoms with van der Waals surface area (Å²) in [6.45, 7) is 3.84. The summed E-state index contributed by atoms with van der Waals surface area (Å²) in [5.41, 5.74) is 2.24. The molecule has 2 saturated heterocycles. The minimum absolute atomic E-state index is 0.0685. The molecule has 134 valence electrons. The topological polar surface area (TPSA) is 39.7 Å². The lowest BCUT2D eigenvalue weighted by molar-refractivity contribution is 0.00974. The van der Waals surface area contributed by atoms with Crippen molar-refractivity contribution in [2.75, 3.05) is 42.5 Å². The van der Waals surface area contributed by atoms with Crippen molar-refractivity contribution in [1.29, 1.82) is 0 Å². The van der Waals surface area contributed by atoms with Gasteiger partial charge in [-0.3, -0.25) is 4.90 Å². The van der Waals surface area contributed by atoms with Crippen molar-refractivity contribution in [1.82, 2.24) is 9.88 Å². The molecule has 0 unspecified atom stereocenters. The Kier molecular flexibility index (Phi) is 3.41. The molecule has 0 radical (unpaired) electrons. The van der Waals surface area contributed by atoms with Gasteiger partial charge < -0.3 is 9.80 Å². The van der Waals surface area contributed by atoms with E-state index >= 15 is 0 Å². The number of hydrogen-bond acceptors (Lipinski definition) is 3. The van der Waals surface area contributed by atoms with Gasteiger partial charge in [0.1, 0.15) is 5.82 Å². The average molecular weight is 373 g/mol. The van der Waals surface area contributed by atoms with Gasteiger partial charge in [-0.05, 0) is 42.3 Å². The number of rotatable bonds is 1. The zero-order valence-electron chi connectivity index (χ0n) is 14.2. The molecule has 5 rings (SSSR count). The van der Waals surface area contributed by atoms with E-state index in [0.717, 1.165) is 43.9 Å². The molecule has 5 nitrogen and oxygen atoms in total. The highest BCUT2D eigenvalue weighted by Gasteiger charge is 2.54. The van der Waals surface area contributed by atoms with E-state index in [0.29, 0.717) is 17.4 Å². The Morgan fingerprint density at radius 3 is 2.73 bits per heavy atom. The number of amides is 2. The second-order valence-electron chi connectivity index (χ2n) is 7.49. The molecule has 0 saturated carbocycles. The number of anilines is 2. The third kappa shape index (κ3) is 2.43. The third-order valence-electron chi connectivity index (χ3n) is 5.57. The van der Waals surface area contributed by atoms with Crippen molar-refractivity contribution in [3.05, 3.63) is 52.9 Å². The van der Waals surface area contributed by atoms with Gasteiger partial charge in [-0.2, -0.15) is 4.39 Å². The monoisotopic (exact) mass is 372 g/mol. The molecule has 2 fully saturated rings. The van der Waals surface area contributed by atoms with Crippen molar-refractivity contribution in [3.63, 3.8) is 0 Å². The zero-order valence-corrected chi connectivity index (χ0v) is 14.9. The first-order chi connectivity index (χ1) is 12.5. The molecule has 26 heavy (non-hydrogen) atoms. The number of fused-ring (bicyclic) bond motifs is 1. The summed E-state index contributed by atoms with van der Waals surface area (Å²) in [5, 5.41) is 0.710. The van der Waals surface area contributed by atoms with E-state index in [4.69, 9.17) is 11.6 Å². The van der Waals surface area contributed by atoms with Crippen LogP contribution in [-0.4, -0.2) is 48.6 Å². The summed E-state index contributed by atoms with van der Waals surface area (Å²) in [4.78, 5) is 22.6. The average Bonchev–Trinajstić information content (AvgIpc) is 2.95. The number of carbonyl (C=O) groups excluding carboxylic acids is 1. The molecular weight excluding hydrogens is 355 g/mol. The van der Waals surface area contributed by atoms with Crippen LogP contribution < -0.4 is 9.80 Å². The van der Waals surface area contributed by atoms with Gasteiger partial charge in [0.2, 0.25) is 5.95 Å². The Balaban J connectivity index is 1.21. The van der Waals surface area contributed by atoms with Crippen LogP contribution in [0, 0.1) is 11.4 Å². The largest absolute Gasteiger partial charge is 0.355 e. The van der Waals surface area contributed by atoms with Crippen LogP contribution in [0.3, 0.4) is 0 Å². The minimum atomic E-state index is -0.457. The fourth-order valence-corrected chi connectivity index (χ4v) is 4.53. The van der Waals surface area contributed by atoms with Gasteiger partial charge in [0.05, 0.1) is 0 Å². The number of nitrogens with zero attached hydrogens (tertiary/aromatic N) is 4. The smallest absolute Gasteiger partial charge is 0.324 e. The van der Waals surface area contributed by atoms with Gasteiger partial charge in [-0.15, -0.1) is 0 Å². The third-order valence-corrected chi connectivity index (χ3v) is 5.80. The summed E-state index contributed by atoms with van der Waals surface area (Å²) in [6.07, 6.45) is 0.847. The van der Waals surface area contributed by atoms with Crippen LogP contribution in [0.2, 0.25) is 5.02 Å². The number of pyridine rings is 1. The number of likely N-dealkylation sites (tertiary alicyclic amines) is 1. The maximum Gasteiger partial charge on any atom is 0.324 e. The van der Waals surface area contributed by atoms with Crippen LogP contribution >= 0.6 is 11.6 Å². The van der Waals surface area contributed by atoms with Crippen LogP contribution in [0.5, 0.6) is 0 Å². The first kappa shape index (κ1) is 15.9. The van der Waals surface area contributed by atoms with Crippen molar-refractivity contribution < 1.29 is 9.18 Å². The number of halogens is 2. The van der Waals surface area contributed by atoms with E-state index in [9.17, 15) is 9.18 Å². The molecule has 2 aromatic rings. The van der Waals surface area contributed by atoms with Crippen LogP contribution in [0.15, 0.2) is 36.4 Å². The van der Waals surface area contributed by atoms with Crippen molar-refractivity contribution in [3.8, 4) is 0 Å². The van der Waals surface area contributed by atoms with E-state index in [2.05, 4.69) is 9.88 Å². The number of aromatic nitrogens is 1. The molecule has 3 aliphatic rings. The minimum Gasteiger partial charge on any atom is -0.355 e. The van der Waals surface area contributed by atoms with Gasteiger partial charge in [0.15, 0.2) is 0 Å². The molecule has 0 bridgehead atoms. The van der Waals surface area contributed by atoms with Crippen molar-refractivity contribution in [2.24, 2.45) is 5.41 Å². The molecule has 0 aliphatic carbocycles. The van der Waals surface area contributed by atoms with Crippen LogP contribution in [0.25, 0.3) is 0 Å². The van der Waals surface area contributed by atoms with Gasteiger partial charge in [-0.25, -0.2) is 9.78 Å². The molecule has 3 aliphatic heterocycles. The number of benzene rings is 1. The van der Waals surface area contributed by atoms with E-state index in [1.54, 1.807) is 6.07 Å². The Morgan fingerprint density at radius 1 is 1.15 bits per heavy atom. The van der Waals surface area contributed by atoms with Gasteiger partial charge >= 0.3 is 6.03 Å². The summed E-state index contributed by atoms with van der Waals surface area (Å²) >= 11 is 6.04. The van der Waals surface area contributed by atoms with E-state index in [1.165, 1.54) is 6.07 Å². The lowest BCUT2D eigenvalue weighted by atomic mass is 9.73. The lowest BCUT2D eigenvalue weighted by Gasteiger charge is -2.60. The maximum absolute atomic E-state index is 13.3. The standard InChI is InChI=1S/C19H18ClFN4O/c20-14-4-5-15-13(8-14)6-7-25(15)18(26)24-11-19(12-24)9-23(10-19)17-3-1-2-16(21)22-17/h1-5,8H,6-7,9-12H2. The molecule has 1 aromatic carbocycles. The number of urea groups is 1. The first-order valence-corrected chi connectivity index (χ1v) is 9.13. The highest BCUT2D eigenvalue weighted by Crippen LogP contribution is 2.42. The van der Waals surface area contributed by atoms with Crippen LogP contribution in [0.4, 0.5) is 20.7 Å². The molecule has 4 heterocycles. The summed E-state index contributed by atoms with van der Waals surface area (Å²) < 4.78 is 13.3. The fourth-order valence-electron chi connectivity index (χ4n) is 4.34. The molecular formula is C19H18ClFN4O. The predicted molar refractivity (Wildman–Crippen MR) is 98.3 cm³/mol. The summed E-state index contributed by atoms with van der Waals surface area (Å²) in [7, 11) is 0. The summed E-state index contributed by atoms with van der Waals surface area (Å²) in [6, 6.07) is 10.6. The normalized spacial score (nSPS) is 20.0. The van der Waals surface area contributed by atoms with Gasteiger partial charge in [-0.1, -0.05) is 17.7 Å². The van der Waals surface area contributed by atoms with Crippen LogP contribution in [-0.2, 0) is 6.42 Å². The highest BCUT2D eigenvalue weighted by molar-refractivity contribution is 6.30. The van der Waals surface area contributed by atoms with E-state index in [-0.39, 0.29) is 11.4 Å². The molecule has 1 spiro atoms. The van der Waals surface area contributed by atoms with E-state index < -0.39 is 5.95 Å². The van der Waals surface area contributed by atoms with Crippen LogP contribution in [0.1, 0.15) is 5.56 Å². The number of carbonyl (C=O) groups is 1. The summed E-state index contributed by atoms with van der Waals surface area (Å²) in [5.74, 6) is 0.215. The highest BCUT2D eigenvalue weighted by atomic mass is 35.5. The van der Waals surface area contributed by atoms with Crippen molar-refractivity contribution >= 4 is 29.1 Å². The Bertz CT molecular complexity index is 891. The Labute approximate surface area is 156 Å². The lowest BCUT2D eigenvalue weighted by Crippen LogP contribution is -2.74. The Morgan fingerprint density at radius 2 is 1.96 bits per heavy atom.